The minimum absolute atomic E-state index is 0.274. The monoisotopic (exact) mass is 379 g/mol. The lowest BCUT2D eigenvalue weighted by molar-refractivity contribution is 0.0531. The van der Waals surface area contributed by atoms with Crippen LogP contribution in [0.1, 0.15) is 41.3 Å². The Labute approximate surface area is 156 Å². The summed E-state index contributed by atoms with van der Waals surface area (Å²) in [6.07, 6.45) is 1.93. The molecule has 0 saturated carbocycles. The summed E-state index contributed by atoms with van der Waals surface area (Å²) in [6, 6.07) is 0. The number of thiophene rings is 1. The molecule has 0 amide bonds. The van der Waals surface area contributed by atoms with Crippen LogP contribution >= 0.6 is 11.3 Å². The van der Waals surface area contributed by atoms with Crippen LogP contribution in [-0.4, -0.2) is 51.7 Å². The molecule has 0 saturated heterocycles. The number of rotatable bonds is 9. The highest BCUT2D eigenvalue weighted by Gasteiger charge is 2.20. The Morgan fingerprint density at radius 3 is 2.85 bits per heavy atom. The molecule has 0 radical (unpaired) electrons. The Balaban J connectivity index is 2.36. The van der Waals surface area contributed by atoms with Gasteiger partial charge in [0.05, 0.1) is 24.6 Å². The van der Waals surface area contributed by atoms with E-state index in [1.54, 1.807) is 19.9 Å². The first kappa shape index (κ1) is 20.3. The molecule has 0 bridgehead atoms. The number of fused-ring (bicyclic) bond motifs is 1. The van der Waals surface area contributed by atoms with Gasteiger partial charge in [-0.05, 0) is 25.8 Å². The highest BCUT2D eigenvalue weighted by Crippen LogP contribution is 2.27. The molecule has 142 valence electrons. The summed E-state index contributed by atoms with van der Waals surface area (Å²) in [5.41, 5.74) is 0.317. The number of H-pyrrole nitrogens is 1. The number of carbonyl (C=O) groups excluding carboxylic acids is 1. The van der Waals surface area contributed by atoms with E-state index in [0.29, 0.717) is 52.5 Å². The Hall–Kier alpha value is -2.03. The van der Waals surface area contributed by atoms with E-state index in [9.17, 15) is 14.7 Å². The quantitative estimate of drug-likeness (QED) is 0.512. The fraction of sp³-hybridized carbons (Fsp3) is 0.500. The molecule has 7 nitrogen and oxygen atoms in total. The van der Waals surface area contributed by atoms with Crippen LogP contribution in [0.3, 0.4) is 0 Å². The SMILES string of the molecule is C=CCN(Cc1nc2sc(C(=O)OCC)c(C)c2c(=O)[nH]1)C[C@H](O)CC. The zero-order valence-corrected chi connectivity index (χ0v) is 16.2. The first-order chi connectivity index (χ1) is 12.4. The number of aromatic nitrogens is 2. The fourth-order valence-electron chi connectivity index (χ4n) is 2.68. The Morgan fingerprint density at radius 1 is 1.50 bits per heavy atom. The first-order valence-electron chi connectivity index (χ1n) is 8.61. The van der Waals surface area contributed by atoms with Crippen LogP contribution in [0.4, 0.5) is 0 Å². The number of aromatic amines is 1. The molecule has 0 unspecified atom stereocenters. The molecule has 2 aromatic heterocycles. The summed E-state index contributed by atoms with van der Waals surface area (Å²) >= 11 is 1.17. The topological polar surface area (TPSA) is 95.5 Å². The van der Waals surface area contributed by atoms with Gasteiger partial charge in [0.25, 0.3) is 5.56 Å². The van der Waals surface area contributed by atoms with Crippen molar-refractivity contribution in [3.8, 4) is 0 Å². The van der Waals surface area contributed by atoms with Gasteiger partial charge in [-0.3, -0.25) is 9.69 Å². The van der Waals surface area contributed by atoms with Gasteiger partial charge in [-0.1, -0.05) is 13.0 Å². The van der Waals surface area contributed by atoms with Crippen LogP contribution in [0.5, 0.6) is 0 Å². The molecule has 0 fully saturated rings. The van der Waals surface area contributed by atoms with E-state index >= 15 is 0 Å². The lowest BCUT2D eigenvalue weighted by Gasteiger charge is -2.22. The van der Waals surface area contributed by atoms with E-state index in [2.05, 4.69) is 16.5 Å². The van der Waals surface area contributed by atoms with E-state index in [4.69, 9.17) is 4.74 Å². The number of hydrogen-bond donors (Lipinski definition) is 2. The molecular formula is C18H25N3O4S. The zero-order chi connectivity index (χ0) is 19.3. The minimum Gasteiger partial charge on any atom is -0.462 e. The lowest BCUT2D eigenvalue weighted by atomic mass is 10.2. The van der Waals surface area contributed by atoms with E-state index in [-0.39, 0.29) is 12.2 Å². The van der Waals surface area contributed by atoms with Crippen LogP contribution < -0.4 is 5.56 Å². The smallest absolute Gasteiger partial charge is 0.348 e. The molecule has 1 atom stereocenters. The molecule has 0 aliphatic carbocycles. The molecule has 2 rings (SSSR count). The second-order valence-corrected chi connectivity index (χ2v) is 7.01. The van der Waals surface area contributed by atoms with Crippen LogP contribution in [0.25, 0.3) is 10.2 Å². The second kappa shape index (κ2) is 9.07. The highest BCUT2D eigenvalue weighted by atomic mass is 32.1. The molecule has 0 aliphatic rings. The van der Waals surface area contributed by atoms with Gasteiger partial charge in [0.2, 0.25) is 0 Å². The maximum Gasteiger partial charge on any atom is 0.348 e. The van der Waals surface area contributed by atoms with Gasteiger partial charge in [-0.25, -0.2) is 9.78 Å². The zero-order valence-electron chi connectivity index (χ0n) is 15.4. The van der Waals surface area contributed by atoms with Gasteiger partial charge >= 0.3 is 5.97 Å². The third-order valence-corrected chi connectivity index (χ3v) is 5.18. The number of esters is 1. The predicted octanol–water partition coefficient (Wildman–Crippen LogP) is 2.23. The van der Waals surface area contributed by atoms with Crippen molar-refractivity contribution in [3.05, 3.63) is 39.3 Å². The number of nitrogens with zero attached hydrogens (tertiary/aromatic N) is 2. The van der Waals surface area contributed by atoms with Gasteiger partial charge in [0, 0.05) is 13.1 Å². The Kier molecular flexibility index (Phi) is 7.07. The predicted molar refractivity (Wildman–Crippen MR) is 103 cm³/mol. The molecule has 8 heteroatoms. The van der Waals surface area contributed by atoms with Crippen LogP contribution in [0.2, 0.25) is 0 Å². The van der Waals surface area contributed by atoms with Crippen molar-refractivity contribution >= 4 is 27.5 Å². The Morgan fingerprint density at radius 2 is 2.23 bits per heavy atom. The molecule has 26 heavy (non-hydrogen) atoms. The number of carbonyl (C=O) groups is 1. The number of aryl methyl sites for hydroxylation is 1. The van der Waals surface area contributed by atoms with E-state index in [0.717, 1.165) is 0 Å². The third kappa shape index (κ3) is 4.57. The number of aliphatic hydroxyl groups is 1. The summed E-state index contributed by atoms with van der Waals surface area (Å²) in [7, 11) is 0. The van der Waals surface area contributed by atoms with Crippen molar-refractivity contribution in [2.24, 2.45) is 0 Å². The molecule has 0 aromatic carbocycles. The fourth-order valence-corrected chi connectivity index (χ4v) is 3.77. The van der Waals surface area contributed by atoms with Gasteiger partial charge < -0.3 is 14.8 Å². The van der Waals surface area contributed by atoms with Crippen LogP contribution in [0.15, 0.2) is 17.4 Å². The standard InChI is InChI=1S/C18H25N3O4S/c1-5-8-21(9-12(22)6-2)10-13-19-16(23)14-11(4)15(18(24)25-7-3)26-17(14)20-13/h5,12,22H,1,6-10H2,2-4H3,(H,19,20,23)/t12-/m1/s1. The van der Waals surface area contributed by atoms with Crippen LogP contribution in [0, 0.1) is 6.92 Å². The van der Waals surface area contributed by atoms with Gasteiger partial charge in [0.1, 0.15) is 15.5 Å². The van der Waals surface area contributed by atoms with Crippen molar-refractivity contribution in [1.29, 1.82) is 0 Å². The second-order valence-electron chi connectivity index (χ2n) is 6.01. The summed E-state index contributed by atoms with van der Waals surface area (Å²) in [5, 5.41) is 10.3. The van der Waals surface area contributed by atoms with Crippen LogP contribution in [-0.2, 0) is 11.3 Å². The van der Waals surface area contributed by atoms with Crippen molar-refractivity contribution in [2.45, 2.75) is 39.8 Å². The summed E-state index contributed by atoms with van der Waals surface area (Å²) in [4.78, 5) is 34.7. The van der Waals surface area contributed by atoms with Gasteiger partial charge in [-0.15, -0.1) is 17.9 Å². The lowest BCUT2D eigenvalue weighted by Crippen LogP contribution is -2.33. The van der Waals surface area contributed by atoms with E-state index in [1.165, 1.54) is 11.3 Å². The Bertz CT molecular complexity index is 843. The molecular weight excluding hydrogens is 354 g/mol. The average Bonchev–Trinajstić information content (AvgIpc) is 2.92. The van der Waals surface area contributed by atoms with E-state index < -0.39 is 12.1 Å². The molecule has 0 spiro atoms. The summed E-state index contributed by atoms with van der Waals surface area (Å²) in [5.74, 6) is 0.0533. The van der Waals surface area contributed by atoms with Crippen molar-refractivity contribution in [2.75, 3.05) is 19.7 Å². The molecule has 2 aromatic rings. The molecule has 2 N–H and O–H groups in total. The summed E-state index contributed by atoms with van der Waals surface area (Å²) < 4.78 is 5.05. The minimum atomic E-state index is -0.454. The third-order valence-electron chi connectivity index (χ3n) is 4.01. The van der Waals surface area contributed by atoms with Crippen molar-refractivity contribution in [1.82, 2.24) is 14.9 Å². The number of ether oxygens (including phenoxy) is 1. The van der Waals surface area contributed by atoms with Crippen molar-refractivity contribution in [3.63, 3.8) is 0 Å². The molecule has 0 aliphatic heterocycles. The van der Waals surface area contributed by atoms with Gasteiger partial charge in [-0.2, -0.15) is 0 Å². The maximum atomic E-state index is 12.5. The number of nitrogens with one attached hydrogen (secondary N) is 1. The average molecular weight is 379 g/mol. The first-order valence-corrected chi connectivity index (χ1v) is 9.43. The summed E-state index contributed by atoms with van der Waals surface area (Å²) in [6.45, 7) is 10.8. The highest BCUT2D eigenvalue weighted by molar-refractivity contribution is 7.20. The number of hydrogen-bond acceptors (Lipinski definition) is 7. The van der Waals surface area contributed by atoms with Gasteiger partial charge in [0.15, 0.2) is 0 Å². The van der Waals surface area contributed by atoms with Crippen molar-refractivity contribution < 1.29 is 14.6 Å². The normalized spacial score (nSPS) is 12.5. The molecule has 2 heterocycles. The van der Waals surface area contributed by atoms with E-state index in [1.807, 2.05) is 11.8 Å². The largest absolute Gasteiger partial charge is 0.462 e. The maximum absolute atomic E-state index is 12.5. The number of aliphatic hydroxyl groups excluding tert-OH is 1.